The minimum absolute atomic E-state index is 0.0539. The minimum atomic E-state index is -0.456. The van der Waals surface area contributed by atoms with Crippen LogP contribution in [0.25, 0.3) is 22.1 Å². The fraction of sp³-hybridized carbons (Fsp3) is 0.185. The summed E-state index contributed by atoms with van der Waals surface area (Å²) in [6, 6.07) is 13.2. The fourth-order valence-corrected chi connectivity index (χ4v) is 4.67. The van der Waals surface area contributed by atoms with E-state index < -0.39 is 11.9 Å². The number of benzene rings is 3. The molecule has 3 aromatic carbocycles. The van der Waals surface area contributed by atoms with E-state index in [9.17, 15) is 14.7 Å². The number of ether oxygens (including phenoxy) is 4. The Balaban J connectivity index is 1.54. The number of methoxy groups -OCH3 is 1. The average Bonchev–Trinajstić information content (AvgIpc) is 2.88. The molecule has 0 saturated carbocycles. The van der Waals surface area contributed by atoms with Crippen LogP contribution in [0.4, 0.5) is 0 Å². The van der Waals surface area contributed by atoms with Crippen LogP contribution in [0.5, 0.6) is 28.7 Å². The molecular weight excluding hydrogens is 452 g/mol. The first-order valence-corrected chi connectivity index (χ1v) is 11.1. The lowest BCUT2D eigenvalue weighted by molar-refractivity contribution is -0.135. The van der Waals surface area contributed by atoms with Crippen molar-refractivity contribution < 1.29 is 33.3 Å². The van der Waals surface area contributed by atoms with Gasteiger partial charge in [0.25, 0.3) is 0 Å². The molecule has 176 valence electrons. The summed E-state index contributed by atoms with van der Waals surface area (Å²) in [6.45, 7) is 0.821. The molecule has 2 aliphatic rings. The highest BCUT2D eigenvalue weighted by molar-refractivity contribution is 5.90. The van der Waals surface area contributed by atoms with Gasteiger partial charge < -0.3 is 28.5 Å². The number of hydrogen-bond donors (Lipinski definition) is 1. The number of hydrogen-bond acceptors (Lipinski definition) is 8. The Morgan fingerprint density at radius 3 is 2.57 bits per heavy atom. The number of carbonyl (C=O) groups excluding carboxylic acids is 1. The number of aromatic hydroxyl groups is 1. The molecule has 1 aromatic heterocycles. The van der Waals surface area contributed by atoms with E-state index in [-0.39, 0.29) is 17.6 Å². The SMILES string of the molecule is COc1cc([C@H]2CC(=O)Oc3ccc4c(=O)c(-c5ccc(O)cc5)coc4c32)cc2c1OCCO2. The van der Waals surface area contributed by atoms with Gasteiger partial charge in [-0.15, -0.1) is 0 Å². The topological polar surface area (TPSA) is 104 Å². The Hall–Kier alpha value is -4.46. The molecule has 8 heteroatoms. The van der Waals surface area contributed by atoms with Gasteiger partial charge in [-0.25, -0.2) is 0 Å². The van der Waals surface area contributed by atoms with E-state index in [0.29, 0.717) is 63.9 Å². The zero-order valence-electron chi connectivity index (χ0n) is 18.7. The lowest BCUT2D eigenvalue weighted by Gasteiger charge is -2.27. The van der Waals surface area contributed by atoms with Crippen molar-refractivity contribution in [3.63, 3.8) is 0 Å². The summed E-state index contributed by atoms with van der Waals surface area (Å²) >= 11 is 0. The zero-order chi connectivity index (χ0) is 24.1. The van der Waals surface area contributed by atoms with E-state index >= 15 is 0 Å². The summed E-state index contributed by atoms with van der Waals surface area (Å²) < 4.78 is 28.6. The Bertz CT molecular complexity index is 1520. The van der Waals surface area contributed by atoms with Gasteiger partial charge in [0.1, 0.15) is 36.6 Å². The molecular formula is C27H20O8. The van der Waals surface area contributed by atoms with Crippen LogP contribution in [-0.4, -0.2) is 31.4 Å². The maximum absolute atomic E-state index is 13.4. The first-order valence-electron chi connectivity index (χ1n) is 11.1. The van der Waals surface area contributed by atoms with E-state index in [4.69, 9.17) is 23.4 Å². The van der Waals surface area contributed by atoms with Crippen LogP contribution in [0.2, 0.25) is 0 Å². The highest BCUT2D eigenvalue weighted by Crippen LogP contribution is 2.48. The van der Waals surface area contributed by atoms with Gasteiger partial charge >= 0.3 is 5.97 Å². The van der Waals surface area contributed by atoms with Gasteiger partial charge in [-0.05, 0) is 47.5 Å². The first kappa shape index (κ1) is 21.1. The van der Waals surface area contributed by atoms with Crippen molar-refractivity contribution in [1.29, 1.82) is 0 Å². The Labute approximate surface area is 199 Å². The number of phenolic OH excluding ortho intramolecular Hbond substituents is 1. The van der Waals surface area contributed by atoms with Crippen LogP contribution in [0.15, 0.2) is 64.0 Å². The summed E-state index contributed by atoms with van der Waals surface area (Å²) in [6.07, 6.45) is 1.45. The maximum atomic E-state index is 13.4. The van der Waals surface area contributed by atoms with Crippen molar-refractivity contribution in [3.8, 4) is 39.9 Å². The zero-order valence-corrected chi connectivity index (χ0v) is 18.7. The second-order valence-electron chi connectivity index (χ2n) is 8.36. The third kappa shape index (κ3) is 3.45. The second kappa shape index (κ2) is 8.09. The third-order valence-electron chi connectivity index (χ3n) is 6.31. The van der Waals surface area contributed by atoms with Crippen molar-refractivity contribution in [2.75, 3.05) is 20.3 Å². The molecule has 0 fully saturated rings. The predicted molar refractivity (Wildman–Crippen MR) is 126 cm³/mol. The minimum Gasteiger partial charge on any atom is -0.508 e. The number of esters is 1. The van der Waals surface area contributed by atoms with Gasteiger partial charge in [-0.2, -0.15) is 0 Å². The van der Waals surface area contributed by atoms with Crippen molar-refractivity contribution in [3.05, 3.63) is 76.1 Å². The van der Waals surface area contributed by atoms with Crippen LogP contribution in [-0.2, 0) is 4.79 Å². The quantitative estimate of drug-likeness (QED) is 0.346. The van der Waals surface area contributed by atoms with Crippen molar-refractivity contribution in [2.45, 2.75) is 12.3 Å². The molecule has 0 bridgehead atoms. The number of rotatable bonds is 3. The predicted octanol–water partition coefficient (Wildman–Crippen LogP) is 4.39. The van der Waals surface area contributed by atoms with Crippen LogP contribution in [0, 0.1) is 0 Å². The maximum Gasteiger partial charge on any atom is 0.312 e. The van der Waals surface area contributed by atoms with E-state index in [0.717, 1.165) is 5.56 Å². The van der Waals surface area contributed by atoms with Crippen LogP contribution in [0.3, 0.4) is 0 Å². The Kier molecular flexibility index (Phi) is 4.88. The molecule has 1 atom stereocenters. The standard InChI is InChI=1S/C27H20O8/c1-31-21-10-15(11-22-27(21)33-9-8-32-22)18-12-23(29)35-20-7-6-17-25(30)19(13-34-26(17)24(18)20)14-2-4-16(28)5-3-14/h2-7,10-11,13,18,28H,8-9,12H2,1H3/t18-/m1/s1. The summed E-state index contributed by atoms with van der Waals surface area (Å²) in [5, 5.41) is 9.94. The van der Waals surface area contributed by atoms with E-state index in [1.807, 2.05) is 12.1 Å². The molecule has 0 amide bonds. The van der Waals surface area contributed by atoms with Crippen LogP contribution < -0.4 is 24.4 Å². The van der Waals surface area contributed by atoms with Gasteiger partial charge in [-0.1, -0.05) is 12.1 Å². The molecule has 8 nitrogen and oxygen atoms in total. The van der Waals surface area contributed by atoms with Gasteiger partial charge in [-0.3, -0.25) is 9.59 Å². The summed E-state index contributed by atoms with van der Waals surface area (Å²) in [4.78, 5) is 25.9. The van der Waals surface area contributed by atoms with Crippen LogP contribution in [0.1, 0.15) is 23.5 Å². The molecule has 0 saturated heterocycles. The summed E-state index contributed by atoms with van der Waals surface area (Å²) in [5.41, 5.74) is 2.46. The molecule has 3 heterocycles. The summed E-state index contributed by atoms with van der Waals surface area (Å²) in [7, 11) is 1.54. The molecule has 6 rings (SSSR count). The van der Waals surface area contributed by atoms with Gasteiger partial charge in [0.15, 0.2) is 11.5 Å². The Morgan fingerprint density at radius 2 is 1.77 bits per heavy atom. The number of phenols is 1. The second-order valence-corrected chi connectivity index (χ2v) is 8.36. The van der Waals surface area contributed by atoms with Gasteiger partial charge in [0, 0.05) is 11.5 Å². The van der Waals surface area contributed by atoms with Gasteiger partial charge in [0.2, 0.25) is 11.2 Å². The van der Waals surface area contributed by atoms with E-state index in [1.165, 1.54) is 18.4 Å². The van der Waals surface area contributed by atoms with Gasteiger partial charge in [0.05, 0.1) is 24.5 Å². The average molecular weight is 472 g/mol. The summed E-state index contributed by atoms with van der Waals surface area (Å²) in [5.74, 6) is 1.14. The lowest BCUT2D eigenvalue weighted by Crippen LogP contribution is -2.22. The molecule has 0 spiro atoms. The first-order chi connectivity index (χ1) is 17.0. The normalized spacial score (nSPS) is 16.5. The lowest BCUT2D eigenvalue weighted by atomic mass is 9.84. The smallest absolute Gasteiger partial charge is 0.312 e. The Morgan fingerprint density at radius 1 is 0.971 bits per heavy atom. The van der Waals surface area contributed by atoms with Crippen molar-refractivity contribution in [1.82, 2.24) is 0 Å². The highest BCUT2D eigenvalue weighted by Gasteiger charge is 2.34. The molecule has 0 aliphatic carbocycles. The molecule has 0 unspecified atom stereocenters. The van der Waals surface area contributed by atoms with Crippen molar-refractivity contribution in [2.24, 2.45) is 0 Å². The molecule has 0 radical (unpaired) electrons. The fourth-order valence-electron chi connectivity index (χ4n) is 4.67. The largest absolute Gasteiger partial charge is 0.508 e. The number of carbonyl (C=O) groups is 1. The highest BCUT2D eigenvalue weighted by atomic mass is 16.6. The third-order valence-corrected chi connectivity index (χ3v) is 6.31. The molecule has 1 N–H and O–H groups in total. The molecule has 4 aromatic rings. The van der Waals surface area contributed by atoms with E-state index in [1.54, 1.807) is 31.4 Å². The van der Waals surface area contributed by atoms with Crippen molar-refractivity contribution >= 4 is 16.9 Å². The van der Waals surface area contributed by atoms with Crippen LogP contribution >= 0.6 is 0 Å². The van der Waals surface area contributed by atoms with E-state index in [2.05, 4.69) is 0 Å². The number of fused-ring (bicyclic) bond motifs is 4. The molecule has 2 aliphatic heterocycles. The monoisotopic (exact) mass is 472 g/mol. The molecule has 35 heavy (non-hydrogen) atoms.